The first-order valence-corrected chi connectivity index (χ1v) is 9.07. The van der Waals surface area contributed by atoms with Crippen LogP contribution in [0.3, 0.4) is 0 Å². The molecular formula is C24H22N2. The van der Waals surface area contributed by atoms with Crippen molar-refractivity contribution in [3.8, 4) is 11.1 Å². The summed E-state index contributed by atoms with van der Waals surface area (Å²) in [5.74, 6) is 0. The minimum absolute atomic E-state index is 0.134. The first-order chi connectivity index (χ1) is 12.8. The average molecular weight is 338 g/mol. The molecular weight excluding hydrogens is 316 g/mol. The standard InChI is InChI=1S/C24H22N2/c1-2-19-7-6-10-23(17-19)20-11-13-22(14-12-20)24(26-16-15-25-18-26)21-8-4-3-5-9-21/h3-18,24H,2H2,1H3. The molecule has 2 nitrogen and oxygen atoms in total. The molecule has 2 heteroatoms. The van der Waals surface area contributed by atoms with Gasteiger partial charge in [0, 0.05) is 12.4 Å². The maximum atomic E-state index is 4.24. The largest absolute Gasteiger partial charge is 0.326 e. The fourth-order valence-corrected chi connectivity index (χ4v) is 3.42. The van der Waals surface area contributed by atoms with Gasteiger partial charge in [-0.3, -0.25) is 0 Å². The molecule has 1 heterocycles. The average Bonchev–Trinajstić information content (AvgIpc) is 3.24. The van der Waals surface area contributed by atoms with Crippen molar-refractivity contribution in [3.05, 3.63) is 114 Å². The zero-order chi connectivity index (χ0) is 17.8. The number of aryl methyl sites for hydroxylation is 1. The minimum atomic E-state index is 0.134. The third kappa shape index (κ3) is 3.31. The van der Waals surface area contributed by atoms with Gasteiger partial charge in [-0.25, -0.2) is 4.98 Å². The van der Waals surface area contributed by atoms with Crippen molar-refractivity contribution in [2.24, 2.45) is 0 Å². The Morgan fingerprint density at radius 2 is 1.58 bits per heavy atom. The summed E-state index contributed by atoms with van der Waals surface area (Å²) in [6.45, 7) is 2.19. The topological polar surface area (TPSA) is 17.8 Å². The molecule has 4 aromatic rings. The third-order valence-corrected chi connectivity index (χ3v) is 4.83. The maximum absolute atomic E-state index is 4.24. The molecule has 0 fully saturated rings. The van der Waals surface area contributed by atoms with Crippen LogP contribution >= 0.6 is 0 Å². The number of nitrogens with zero attached hydrogens (tertiary/aromatic N) is 2. The molecule has 0 N–H and O–H groups in total. The molecule has 1 aromatic heterocycles. The molecule has 128 valence electrons. The Morgan fingerprint density at radius 1 is 0.808 bits per heavy atom. The molecule has 1 unspecified atom stereocenters. The summed E-state index contributed by atoms with van der Waals surface area (Å²) in [5.41, 5.74) is 6.40. The van der Waals surface area contributed by atoms with Gasteiger partial charge in [-0.15, -0.1) is 0 Å². The van der Waals surface area contributed by atoms with E-state index in [1.165, 1.54) is 27.8 Å². The minimum Gasteiger partial charge on any atom is -0.326 e. The lowest BCUT2D eigenvalue weighted by atomic mass is 9.95. The first kappa shape index (κ1) is 16.3. The second-order valence-electron chi connectivity index (χ2n) is 6.50. The van der Waals surface area contributed by atoms with Gasteiger partial charge in [-0.2, -0.15) is 0 Å². The van der Waals surface area contributed by atoms with Crippen molar-refractivity contribution < 1.29 is 0 Å². The molecule has 0 bridgehead atoms. The molecule has 1 atom stereocenters. The summed E-state index contributed by atoms with van der Waals surface area (Å²) in [7, 11) is 0. The predicted octanol–water partition coefficient (Wildman–Crippen LogP) is 5.75. The molecule has 4 rings (SSSR count). The van der Waals surface area contributed by atoms with Crippen molar-refractivity contribution in [3.63, 3.8) is 0 Å². The Balaban J connectivity index is 1.71. The molecule has 0 amide bonds. The molecule has 0 spiro atoms. The van der Waals surface area contributed by atoms with Crippen LogP contribution in [0.5, 0.6) is 0 Å². The van der Waals surface area contributed by atoms with Crippen LogP contribution < -0.4 is 0 Å². The van der Waals surface area contributed by atoms with Gasteiger partial charge in [-0.05, 0) is 34.2 Å². The molecule has 0 aliphatic carbocycles. The molecule has 0 aliphatic rings. The zero-order valence-electron chi connectivity index (χ0n) is 14.9. The number of rotatable bonds is 5. The summed E-state index contributed by atoms with van der Waals surface area (Å²) < 4.78 is 2.15. The van der Waals surface area contributed by atoms with Gasteiger partial charge >= 0.3 is 0 Å². The van der Waals surface area contributed by atoms with Crippen molar-refractivity contribution in [1.29, 1.82) is 0 Å². The smallest absolute Gasteiger partial charge is 0.0954 e. The fraction of sp³-hybridized carbons (Fsp3) is 0.125. The second-order valence-corrected chi connectivity index (χ2v) is 6.50. The van der Waals surface area contributed by atoms with Gasteiger partial charge in [0.25, 0.3) is 0 Å². The number of imidazole rings is 1. The van der Waals surface area contributed by atoms with Gasteiger partial charge in [0.15, 0.2) is 0 Å². The van der Waals surface area contributed by atoms with Crippen LogP contribution in [-0.4, -0.2) is 9.55 Å². The quantitative estimate of drug-likeness (QED) is 0.453. The highest BCUT2D eigenvalue weighted by atomic mass is 15.0. The van der Waals surface area contributed by atoms with E-state index in [0.29, 0.717) is 0 Å². The normalized spacial score (nSPS) is 12.0. The van der Waals surface area contributed by atoms with Crippen molar-refractivity contribution in [1.82, 2.24) is 9.55 Å². The van der Waals surface area contributed by atoms with E-state index < -0.39 is 0 Å². The van der Waals surface area contributed by atoms with Crippen LogP contribution in [0.25, 0.3) is 11.1 Å². The van der Waals surface area contributed by atoms with Crippen LogP contribution in [0, 0.1) is 0 Å². The Kier molecular flexibility index (Phi) is 4.65. The van der Waals surface area contributed by atoms with E-state index in [0.717, 1.165) is 6.42 Å². The summed E-state index contributed by atoms with van der Waals surface area (Å²) in [4.78, 5) is 4.24. The predicted molar refractivity (Wildman–Crippen MR) is 107 cm³/mol. The van der Waals surface area contributed by atoms with Crippen molar-refractivity contribution >= 4 is 0 Å². The Hall–Kier alpha value is -3.13. The molecule has 0 aliphatic heterocycles. The highest BCUT2D eigenvalue weighted by Crippen LogP contribution is 2.29. The first-order valence-electron chi connectivity index (χ1n) is 9.07. The number of hydrogen-bond acceptors (Lipinski definition) is 1. The molecule has 3 aromatic carbocycles. The number of aromatic nitrogens is 2. The summed E-state index contributed by atoms with van der Waals surface area (Å²) in [5, 5.41) is 0. The van der Waals surface area contributed by atoms with E-state index in [9.17, 15) is 0 Å². The van der Waals surface area contributed by atoms with Crippen LogP contribution in [0.4, 0.5) is 0 Å². The Morgan fingerprint density at radius 3 is 2.27 bits per heavy atom. The van der Waals surface area contributed by atoms with Crippen LogP contribution in [-0.2, 0) is 6.42 Å². The highest BCUT2D eigenvalue weighted by molar-refractivity contribution is 5.64. The van der Waals surface area contributed by atoms with Gasteiger partial charge < -0.3 is 4.57 Å². The number of hydrogen-bond donors (Lipinski definition) is 0. The van der Waals surface area contributed by atoms with Crippen LogP contribution in [0.2, 0.25) is 0 Å². The monoisotopic (exact) mass is 338 g/mol. The van der Waals surface area contributed by atoms with E-state index in [1.54, 1.807) is 0 Å². The lowest BCUT2D eigenvalue weighted by molar-refractivity contribution is 0.677. The third-order valence-electron chi connectivity index (χ3n) is 4.83. The van der Waals surface area contributed by atoms with E-state index in [4.69, 9.17) is 0 Å². The summed E-state index contributed by atoms with van der Waals surface area (Å²) >= 11 is 0. The maximum Gasteiger partial charge on any atom is 0.0954 e. The van der Waals surface area contributed by atoms with Crippen LogP contribution in [0.15, 0.2) is 97.6 Å². The second kappa shape index (κ2) is 7.40. The summed E-state index contributed by atoms with van der Waals surface area (Å²) in [6, 6.07) is 28.4. The van der Waals surface area contributed by atoms with Gasteiger partial charge in [0.2, 0.25) is 0 Å². The molecule has 0 saturated heterocycles. The zero-order valence-corrected chi connectivity index (χ0v) is 14.9. The highest BCUT2D eigenvalue weighted by Gasteiger charge is 2.15. The SMILES string of the molecule is CCc1cccc(-c2ccc(C(c3ccccc3)n3ccnc3)cc2)c1. The number of benzene rings is 3. The molecule has 0 radical (unpaired) electrons. The lowest BCUT2D eigenvalue weighted by Crippen LogP contribution is -2.10. The fourth-order valence-electron chi connectivity index (χ4n) is 3.42. The van der Waals surface area contributed by atoms with E-state index in [2.05, 4.69) is 95.3 Å². The molecule has 0 saturated carbocycles. The van der Waals surface area contributed by atoms with Gasteiger partial charge in [0.1, 0.15) is 0 Å². The summed E-state index contributed by atoms with van der Waals surface area (Å²) in [6.07, 6.45) is 6.80. The van der Waals surface area contributed by atoms with E-state index in [1.807, 2.05) is 18.7 Å². The Bertz CT molecular complexity index is 955. The van der Waals surface area contributed by atoms with E-state index in [-0.39, 0.29) is 6.04 Å². The molecule has 26 heavy (non-hydrogen) atoms. The lowest BCUT2D eigenvalue weighted by Gasteiger charge is -2.20. The van der Waals surface area contributed by atoms with E-state index >= 15 is 0 Å². The Labute approximate surface area is 154 Å². The van der Waals surface area contributed by atoms with Crippen LogP contribution in [0.1, 0.15) is 29.7 Å². The van der Waals surface area contributed by atoms with Gasteiger partial charge in [0.05, 0.1) is 12.4 Å². The van der Waals surface area contributed by atoms with Gasteiger partial charge in [-0.1, -0.05) is 85.8 Å². The van der Waals surface area contributed by atoms with Crippen molar-refractivity contribution in [2.75, 3.05) is 0 Å². The van der Waals surface area contributed by atoms with Crippen molar-refractivity contribution in [2.45, 2.75) is 19.4 Å².